The van der Waals surface area contributed by atoms with Crippen LogP contribution in [-0.4, -0.2) is 13.2 Å². The lowest BCUT2D eigenvalue weighted by Gasteiger charge is -2.12. The third-order valence-electron chi connectivity index (χ3n) is 2.50. The number of benzene rings is 1. The van der Waals surface area contributed by atoms with Crippen LogP contribution >= 0.6 is 0 Å². The maximum absolute atomic E-state index is 11.9. The molecule has 3 nitrogen and oxygen atoms in total. The molecule has 17 heavy (non-hydrogen) atoms. The van der Waals surface area contributed by atoms with Gasteiger partial charge in [-0.1, -0.05) is 18.6 Å². The average molecular weight is 244 g/mol. The Hall–Kier alpha value is -1.20. The van der Waals surface area contributed by atoms with Crippen LogP contribution < -0.4 is 16.2 Å². The van der Waals surface area contributed by atoms with Crippen molar-refractivity contribution in [2.75, 3.05) is 6.54 Å². The van der Waals surface area contributed by atoms with E-state index in [0.29, 0.717) is 6.54 Å². The van der Waals surface area contributed by atoms with Crippen LogP contribution in [0.2, 0.25) is 0 Å². The lowest BCUT2D eigenvalue weighted by molar-refractivity contribution is -0.0498. The Morgan fingerprint density at radius 2 is 1.76 bits per heavy atom. The number of nitrogens with two attached hydrogens (primary N) is 2. The highest BCUT2D eigenvalue weighted by Crippen LogP contribution is 2.21. The van der Waals surface area contributed by atoms with Crippen molar-refractivity contribution in [1.29, 1.82) is 0 Å². The largest absolute Gasteiger partial charge is 0.435 e. The Morgan fingerprint density at radius 3 is 2.29 bits per heavy atom. The van der Waals surface area contributed by atoms with E-state index in [2.05, 4.69) is 4.74 Å². The van der Waals surface area contributed by atoms with Gasteiger partial charge < -0.3 is 16.2 Å². The van der Waals surface area contributed by atoms with Crippen LogP contribution in [0.5, 0.6) is 5.75 Å². The minimum absolute atomic E-state index is 0.0813. The first kappa shape index (κ1) is 13.9. The fraction of sp³-hybridized carbons (Fsp3) is 0.500. The molecule has 5 heteroatoms. The number of halogens is 2. The molecule has 1 aromatic carbocycles. The van der Waals surface area contributed by atoms with Gasteiger partial charge in [0.2, 0.25) is 0 Å². The van der Waals surface area contributed by atoms with E-state index < -0.39 is 6.61 Å². The summed E-state index contributed by atoms with van der Waals surface area (Å²) in [5, 5.41) is 0. The minimum atomic E-state index is -2.79. The molecular formula is C12H18F2N2O. The molecule has 4 N–H and O–H groups in total. The summed E-state index contributed by atoms with van der Waals surface area (Å²) >= 11 is 0. The zero-order valence-electron chi connectivity index (χ0n) is 9.61. The van der Waals surface area contributed by atoms with Crippen molar-refractivity contribution in [1.82, 2.24) is 0 Å². The highest BCUT2D eigenvalue weighted by atomic mass is 19.3. The second kappa shape index (κ2) is 7.19. The van der Waals surface area contributed by atoms with E-state index >= 15 is 0 Å². The highest BCUT2D eigenvalue weighted by molar-refractivity contribution is 5.29. The van der Waals surface area contributed by atoms with E-state index in [-0.39, 0.29) is 11.8 Å². The predicted molar refractivity (Wildman–Crippen MR) is 62.9 cm³/mol. The third-order valence-corrected chi connectivity index (χ3v) is 2.50. The Kier molecular flexibility index (Phi) is 5.86. The maximum Gasteiger partial charge on any atom is 0.387 e. The molecule has 0 spiro atoms. The van der Waals surface area contributed by atoms with Gasteiger partial charge in [0.1, 0.15) is 5.75 Å². The van der Waals surface area contributed by atoms with Gasteiger partial charge >= 0.3 is 6.61 Å². The van der Waals surface area contributed by atoms with Gasteiger partial charge in [-0.15, -0.1) is 0 Å². The van der Waals surface area contributed by atoms with Crippen LogP contribution in [0.1, 0.15) is 30.9 Å². The van der Waals surface area contributed by atoms with Crippen molar-refractivity contribution >= 4 is 0 Å². The molecule has 0 bridgehead atoms. The molecule has 96 valence electrons. The summed E-state index contributed by atoms with van der Waals surface area (Å²) in [6.45, 7) is -2.13. The smallest absolute Gasteiger partial charge is 0.387 e. The van der Waals surface area contributed by atoms with Crippen molar-refractivity contribution in [3.8, 4) is 5.75 Å². The van der Waals surface area contributed by atoms with E-state index in [9.17, 15) is 8.78 Å². The molecule has 0 heterocycles. The van der Waals surface area contributed by atoms with Crippen LogP contribution in [0.25, 0.3) is 0 Å². The van der Waals surface area contributed by atoms with Crippen molar-refractivity contribution in [2.24, 2.45) is 11.5 Å². The van der Waals surface area contributed by atoms with E-state index in [1.807, 2.05) is 0 Å². The molecule has 0 aliphatic rings. The molecule has 0 saturated heterocycles. The van der Waals surface area contributed by atoms with Gasteiger partial charge in [-0.2, -0.15) is 8.78 Å². The van der Waals surface area contributed by atoms with E-state index in [4.69, 9.17) is 11.5 Å². The van der Waals surface area contributed by atoms with Gasteiger partial charge in [0.25, 0.3) is 0 Å². The normalized spacial score (nSPS) is 12.8. The lowest BCUT2D eigenvalue weighted by atomic mass is 10.0. The number of rotatable bonds is 7. The molecule has 0 aliphatic carbocycles. The fourth-order valence-electron chi connectivity index (χ4n) is 1.57. The molecule has 0 fully saturated rings. The summed E-state index contributed by atoms with van der Waals surface area (Å²) in [5.41, 5.74) is 12.3. The van der Waals surface area contributed by atoms with Crippen LogP contribution in [0, 0.1) is 0 Å². The van der Waals surface area contributed by atoms with E-state index in [1.54, 1.807) is 12.1 Å². The van der Waals surface area contributed by atoms with Gasteiger partial charge in [-0.25, -0.2) is 0 Å². The van der Waals surface area contributed by atoms with E-state index in [1.165, 1.54) is 12.1 Å². The summed E-state index contributed by atoms with van der Waals surface area (Å²) in [7, 11) is 0. The standard InChI is InChI=1S/C12H18F2N2O/c13-12(14)17-10-6-4-9(5-7-10)11(16)3-1-2-8-15/h4-7,11-12H,1-3,8,15-16H2/t11-/m1/s1. The molecule has 0 aromatic heterocycles. The first-order valence-corrected chi connectivity index (χ1v) is 5.64. The summed E-state index contributed by atoms with van der Waals surface area (Å²) in [6, 6.07) is 6.35. The van der Waals surface area contributed by atoms with Gasteiger partial charge in [0.15, 0.2) is 0 Å². The van der Waals surface area contributed by atoms with Crippen LogP contribution in [0.15, 0.2) is 24.3 Å². The second-order valence-electron chi connectivity index (χ2n) is 3.84. The molecule has 1 rings (SSSR count). The molecule has 1 aromatic rings. The average Bonchev–Trinajstić information content (AvgIpc) is 2.29. The third kappa shape index (κ3) is 5.10. The first-order valence-electron chi connectivity index (χ1n) is 5.64. The molecule has 0 aliphatic heterocycles. The van der Waals surface area contributed by atoms with Gasteiger partial charge in [-0.05, 0) is 37.1 Å². The number of hydrogen-bond acceptors (Lipinski definition) is 3. The van der Waals surface area contributed by atoms with Crippen molar-refractivity contribution in [2.45, 2.75) is 31.9 Å². The second-order valence-corrected chi connectivity index (χ2v) is 3.84. The molecular weight excluding hydrogens is 226 g/mol. The topological polar surface area (TPSA) is 61.3 Å². The zero-order chi connectivity index (χ0) is 12.7. The Balaban J connectivity index is 2.48. The van der Waals surface area contributed by atoms with Crippen LogP contribution in [0.4, 0.5) is 8.78 Å². The number of alkyl halides is 2. The summed E-state index contributed by atoms with van der Waals surface area (Å²) in [6.07, 6.45) is 2.75. The van der Waals surface area contributed by atoms with Crippen LogP contribution in [-0.2, 0) is 0 Å². The molecule has 0 unspecified atom stereocenters. The Bertz CT molecular complexity index is 317. The molecule has 0 amide bonds. The van der Waals surface area contributed by atoms with Crippen molar-refractivity contribution < 1.29 is 13.5 Å². The Labute approximate surface area is 99.7 Å². The zero-order valence-corrected chi connectivity index (χ0v) is 9.61. The lowest BCUT2D eigenvalue weighted by Crippen LogP contribution is -2.11. The van der Waals surface area contributed by atoms with E-state index in [0.717, 1.165) is 24.8 Å². The van der Waals surface area contributed by atoms with Gasteiger partial charge in [0.05, 0.1) is 0 Å². The number of unbranched alkanes of at least 4 members (excludes halogenated alkanes) is 1. The number of ether oxygens (including phenoxy) is 1. The maximum atomic E-state index is 11.9. The molecule has 1 atom stereocenters. The van der Waals surface area contributed by atoms with Crippen LogP contribution in [0.3, 0.4) is 0 Å². The quantitative estimate of drug-likeness (QED) is 0.724. The molecule has 0 saturated carbocycles. The Morgan fingerprint density at radius 1 is 1.12 bits per heavy atom. The first-order chi connectivity index (χ1) is 8.13. The number of hydrogen-bond donors (Lipinski definition) is 2. The van der Waals surface area contributed by atoms with Crippen molar-refractivity contribution in [3.63, 3.8) is 0 Å². The monoisotopic (exact) mass is 244 g/mol. The van der Waals surface area contributed by atoms with Gasteiger partial charge in [-0.3, -0.25) is 0 Å². The fourth-order valence-corrected chi connectivity index (χ4v) is 1.57. The SMILES string of the molecule is NCCCC[C@@H](N)c1ccc(OC(F)F)cc1. The molecule has 0 radical (unpaired) electrons. The summed E-state index contributed by atoms with van der Waals surface area (Å²) < 4.78 is 28.1. The summed E-state index contributed by atoms with van der Waals surface area (Å²) in [4.78, 5) is 0. The van der Waals surface area contributed by atoms with Crippen molar-refractivity contribution in [3.05, 3.63) is 29.8 Å². The minimum Gasteiger partial charge on any atom is -0.435 e. The van der Waals surface area contributed by atoms with Gasteiger partial charge in [0, 0.05) is 6.04 Å². The highest BCUT2D eigenvalue weighted by Gasteiger charge is 2.07. The summed E-state index contributed by atoms with van der Waals surface area (Å²) in [5.74, 6) is 0.151. The predicted octanol–water partition coefficient (Wildman–Crippen LogP) is 2.42.